The lowest BCUT2D eigenvalue weighted by atomic mass is 10.1. The maximum atomic E-state index is 13.0. The van der Waals surface area contributed by atoms with E-state index in [2.05, 4.69) is 10.4 Å². The topological polar surface area (TPSA) is 56.1 Å². The zero-order valence-electron chi connectivity index (χ0n) is 11.7. The molecule has 0 aliphatic carbocycles. The lowest BCUT2D eigenvalue weighted by Crippen LogP contribution is -2.34. The fraction of sp³-hybridized carbons (Fsp3) is 0.333. The van der Waals surface area contributed by atoms with Crippen molar-refractivity contribution >= 4 is 11.8 Å². The number of benzene rings is 1. The second-order valence-electron chi connectivity index (χ2n) is 4.93. The molecule has 3 rings (SSSR count). The van der Waals surface area contributed by atoms with E-state index in [0.29, 0.717) is 19.7 Å². The number of anilines is 1. The molecule has 21 heavy (non-hydrogen) atoms. The third-order valence-corrected chi connectivity index (χ3v) is 3.52. The molecule has 0 fully saturated rings. The molecule has 0 saturated heterocycles. The number of rotatable bonds is 3. The van der Waals surface area contributed by atoms with Gasteiger partial charge in [0, 0.05) is 12.1 Å². The Morgan fingerprint density at radius 2 is 2.24 bits per heavy atom. The molecule has 110 valence electrons. The standard InChI is InChI=1S/C15H16FN3O2/c1-2-21-15(20)11-7-17-14-13(8-18-19(14)9-11)10-3-5-12(16)6-4-10/h3-6,8,11,17H,2,7,9H2,1H3. The molecule has 0 radical (unpaired) electrons. The number of fused-ring (bicyclic) bond motifs is 1. The fourth-order valence-corrected chi connectivity index (χ4v) is 2.46. The highest BCUT2D eigenvalue weighted by atomic mass is 19.1. The number of nitrogens with one attached hydrogen (secondary N) is 1. The second kappa shape index (κ2) is 5.55. The van der Waals surface area contributed by atoms with Crippen LogP contribution in [0.15, 0.2) is 30.5 Å². The molecule has 0 spiro atoms. The predicted molar refractivity (Wildman–Crippen MR) is 76.2 cm³/mol. The van der Waals surface area contributed by atoms with Gasteiger partial charge in [0.2, 0.25) is 0 Å². The average Bonchev–Trinajstić information content (AvgIpc) is 2.91. The van der Waals surface area contributed by atoms with Gasteiger partial charge in [-0.3, -0.25) is 4.79 Å². The summed E-state index contributed by atoms with van der Waals surface area (Å²) >= 11 is 0. The monoisotopic (exact) mass is 289 g/mol. The van der Waals surface area contributed by atoms with E-state index in [4.69, 9.17) is 4.74 Å². The van der Waals surface area contributed by atoms with Gasteiger partial charge in [-0.15, -0.1) is 0 Å². The zero-order valence-corrected chi connectivity index (χ0v) is 11.7. The van der Waals surface area contributed by atoms with Crippen LogP contribution in [0.2, 0.25) is 0 Å². The minimum atomic E-state index is -0.268. The average molecular weight is 289 g/mol. The van der Waals surface area contributed by atoms with E-state index in [0.717, 1.165) is 16.9 Å². The Morgan fingerprint density at radius 3 is 2.95 bits per heavy atom. The summed E-state index contributed by atoms with van der Waals surface area (Å²) in [5.74, 6) is 0.130. The Labute approximate surface area is 121 Å². The third-order valence-electron chi connectivity index (χ3n) is 3.52. The van der Waals surface area contributed by atoms with Gasteiger partial charge in [0.05, 0.1) is 25.3 Å². The quantitative estimate of drug-likeness (QED) is 0.881. The summed E-state index contributed by atoms with van der Waals surface area (Å²) in [4.78, 5) is 11.8. The Balaban J connectivity index is 1.84. The van der Waals surface area contributed by atoms with Crippen LogP contribution in [-0.2, 0) is 16.1 Å². The summed E-state index contributed by atoms with van der Waals surface area (Å²) in [6.07, 6.45) is 1.73. The number of aromatic nitrogens is 2. The first-order chi connectivity index (χ1) is 10.2. The van der Waals surface area contributed by atoms with Gasteiger partial charge >= 0.3 is 5.97 Å². The van der Waals surface area contributed by atoms with Crippen molar-refractivity contribution in [3.63, 3.8) is 0 Å². The van der Waals surface area contributed by atoms with Crippen molar-refractivity contribution in [2.45, 2.75) is 13.5 Å². The van der Waals surface area contributed by atoms with E-state index in [1.165, 1.54) is 12.1 Å². The maximum absolute atomic E-state index is 13.0. The molecule has 2 heterocycles. The van der Waals surface area contributed by atoms with Crippen LogP contribution < -0.4 is 5.32 Å². The van der Waals surface area contributed by atoms with Crippen molar-refractivity contribution in [2.24, 2.45) is 5.92 Å². The number of carbonyl (C=O) groups is 1. The van der Waals surface area contributed by atoms with Crippen LogP contribution >= 0.6 is 0 Å². The highest BCUT2D eigenvalue weighted by Gasteiger charge is 2.27. The highest BCUT2D eigenvalue weighted by Crippen LogP contribution is 2.31. The Kier molecular flexibility index (Phi) is 3.60. The van der Waals surface area contributed by atoms with Gasteiger partial charge in [-0.1, -0.05) is 12.1 Å². The summed E-state index contributed by atoms with van der Waals surface area (Å²) in [7, 11) is 0. The van der Waals surface area contributed by atoms with Crippen LogP contribution in [0, 0.1) is 11.7 Å². The van der Waals surface area contributed by atoms with Crippen molar-refractivity contribution in [3.05, 3.63) is 36.3 Å². The fourth-order valence-electron chi connectivity index (χ4n) is 2.46. The van der Waals surface area contributed by atoms with Crippen molar-refractivity contribution in [1.29, 1.82) is 0 Å². The van der Waals surface area contributed by atoms with Crippen molar-refractivity contribution in [3.8, 4) is 11.1 Å². The van der Waals surface area contributed by atoms with E-state index in [9.17, 15) is 9.18 Å². The Bertz CT molecular complexity index is 651. The number of hydrogen-bond donors (Lipinski definition) is 1. The van der Waals surface area contributed by atoms with Crippen LogP contribution in [0.25, 0.3) is 11.1 Å². The number of ether oxygens (including phenoxy) is 1. The zero-order chi connectivity index (χ0) is 14.8. The number of carbonyl (C=O) groups excluding carboxylic acids is 1. The molecule has 0 saturated carbocycles. The molecule has 1 N–H and O–H groups in total. The first-order valence-corrected chi connectivity index (χ1v) is 6.91. The molecule has 1 aliphatic heterocycles. The van der Waals surface area contributed by atoms with Crippen molar-refractivity contribution in [1.82, 2.24) is 9.78 Å². The summed E-state index contributed by atoms with van der Waals surface area (Å²) in [6, 6.07) is 6.27. The Morgan fingerprint density at radius 1 is 1.48 bits per heavy atom. The summed E-state index contributed by atoms with van der Waals surface area (Å²) in [6.45, 7) is 3.17. The summed E-state index contributed by atoms with van der Waals surface area (Å²) < 4.78 is 19.8. The lowest BCUT2D eigenvalue weighted by molar-refractivity contribution is -0.148. The first-order valence-electron chi connectivity index (χ1n) is 6.91. The molecular formula is C15H16FN3O2. The predicted octanol–water partition coefficient (Wildman–Crippen LogP) is 2.29. The highest BCUT2D eigenvalue weighted by molar-refractivity contribution is 5.78. The SMILES string of the molecule is CCOC(=O)C1CNc2c(-c3ccc(F)cc3)cnn2C1. The van der Waals surface area contributed by atoms with Gasteiger partial charge in [0.25, 0.3) is 0 Å². The molecule has 0 amide bonds. The number of nitrogens with zero attached hydrogens (tertiary/aromatic N) is 2. The van der Waals surface area contributed by atoms with E-state index < -0.39 is 0 Å². The minimum Gasteiger partial charge on any atom is -0.466 e. The molecule has 6 heteroatoms. The lowest BCUT2D eigenvalue weighted by Gasteiger charge is -2.24. The normalized spacial score (nSPS) is 17.0. The number of halogens is 1. The third kappa shape index (κ3) is 2.61. The van der Waals surface area contributed by atoms with Gasteiger partial charge in [-0.25, -0.2) is 9.07 Å². The maximum Gasteiger partial charge on any atom is 0.312 e. The smallest absolute Gasteiger partial charge is 0.312 e. The number of hydrogen-bond acceptors (Lipinski definition) is 4. The van der Waals surface area contributed by atoms with Gasteiger partial charge in [-0.05, 0) is 24.6 Å². The van der Waals surface area contributed by atoms with E-state index in [1.807, 2.05) is 0 Å². The van der Waals surface area contributed by atoms with E-state index in [1.54, 1.807) is 29.9 Å². The molecule has 1 atom stereocenters. The summed E-state index contributed by atoms with van der Waals surface area (Å²) in [5.41, 5.74) is 1.79. The van der Waals surface area contributed by atoms with Crippen LogP contribution in [0.1, 0.15) is 6.92 Å². The molecule has 1 aromatic carbocycles. The van der Waals surface area contributed by atoms with E-state index >= 15 is 0 Å². The molecule has 5 nitrogen and oxygen atoms in total. The van der Waals surface area contributed by atoms with Crippen LogP contribution in [0.3, 0.4) is 0 Å². The molecule has 1 aromatic heterocycles. The molecule has 1 unspecified atom stereocenters. The molecule has 2 aromatic rings. The van der Waals surface area contributed by atoms with Gasteiger partial charge < -0.3 is 10.1 Å². The molecule has 1 aliphatic rings. The minimum absolute atomic E-state index is 0.213. The van der Waals surface area contributed by atoms with Crippen LogP contribution in [0.4, 0.5) is 10.2 Å². The molecular weight excluding hydrogens is 273 g/mol. The van der Waals surface area contributed by atoms with Gasteiger partial charge in [-0.2, -0.15) is 5.10 Å². The van der Waals surface area contributed by atoms with E-state index in [-0.39, 0.29) is 17.7 Å². The van der Waals surface area contributed by atoms with Crippen molar-refractivity contribution < 1.29 is 13.9 Å². The van der Waals surface area contributed by atoms with Crippen LogP contribution in [-0.4, -0.2) is 28.9 Å². The second-order valence-corrected chi connectivity index (χ2v) is 4.93. The van der Waals surface area contributed by atoms with Crippen molar-refractivity contribution in [2.75, 3.05) is 18.5 Å². The van der Waals surface area contributed by atoms with Gasteiger partial charge in [0.15, 0.2) is 0 Å². The Hall–Kier alpha value is -2.37. The number of esters is 1. The summed E-state index contributed by atoms with van der Waals surface area (Å²) in [5, 5.41) is 7.52. The molecule has 0 bridgehead atoms. The van der Waals surface area contributed by atoms with Crippen LogP contribution in [0.5, 0.6) is 0 Å². The van der Waals surface area contributed by atoms with Gasteiger partial charge in [0.1, 0.15) is 11.6 Å². The first kappa shape index (κ1) is 13.6. The largest absolute Gasteiger partial charge is 0.466 e.